The molecule has 5 nitrogen and oxygen atoms in total. The minimum Gasteiger partial charge on any atom is -0.339 e. The third-order valence-electron chi connectivity index (χ3n) is 2.93. The monoisotopic (exact) mass is 243 g/mol. The molecule has 18 heavy (non-hydrogen) atoms. The van der Waals surface area contributed by atoms with Gasteiger partial charge in [-0.2, -0.15) is 4.98 Å². The largest absolute Gasteiger partial charge is 0.339 e. The maximum atomic E-state index is 11.6. The molecule has 0 unspecified atom stereocenters. The Morgan fingerprint density at radius 2 is 2.28 bits per heavy atom. The SMILES string of the molecule is O=C(Cc1nc(Cc2ccccn2)no1)C1CC1. The summed E-state index contributed by atoms with van der Waals surface area (Å²) in [6, 6.07) is 5.69. The molecule has 0 radical (unpaired) electrons. The molecule has 0 amide bonds. The van der Waals surface area contributed by atoms with Crippen LogP contribution in [0, 0.1) is 5.92 Å². The average Bonchev–Trinajstić information content (AvgIpc) is 3.15. The van der Waals surface area contributed by atoms with E-state index in [0.29, 0.717) is 18.1 Å². The normalized spacial score (nSPS) is 14.7. The number of ketones is 1. The Labute approximate surface area is 104 Å². The zero-order chi connectivity index (χ0) is 12.4. The van der Waals surface area contributed by atoms with Gasteiger partial charge in [-0.3, -0.25) is 9.78 Å². The van der Waals surface area contributed by atoms with Crippen LogP contribution in [0.25, 0.3) is 0 Å². The summed E-state index contributed by atoms with van der Waals surface area (Å²) < 4.78 is 5.08. The van der Waals surface area contributed by atoms with Crippen molar-refractivity contribution in [3.63, 3.8) is 0 Å². The second-order valence-electron chi connectivity index (χ2n) is 4.52. The number of hydrogen-bond donors (Lipinski definition) is 0. The van der Waals surface area contributed by atoms with E-state index in [9.17, 15) is 4.79 Å². The van der Waals surface area contributed by atoms with Crippen LogP contribution in [0.15, 0.2) is 28.9 Å². The van der Waals surface area contributed by atoms with Crippen molar-refractivity contribution >= 4 is 5.78 Å². The lowest BCUT2D eigenvalue weighted by molar-refractivity contribution is -0.119. The van der Waals surface area contributed by atoms with E-state index >= 15 is 0 Å². The van der Waals surface area contributed by atoms with Crippen LogP contribution < -0.4 is 0 Å². The number of carbonyl (C=O) groups excluding carboxylic acids is 1. The van der Waals surface area contributed by atoms with E-state index in [4.69, 9.17) is 4.52 Å². The number of nitrogens with zero attached hydrogens (tertiary/aromatic N) is 3. The Hall–Kier alpha value is -2.04. The topological polar surface area (TPSA) is 68.9 Å². The second kappa shape index (κ2) is 4.68. The molecule has 0 saturated heterocycles. The van der Waals surface area contributed by atoms with Crippen LogP contribution in [0.5, 0.6) is 0 Å². The number of aromatic nitrogens is 3. The highest BCUT2D eigenvalue weighted by Gasteiger charge is 2.30. The van der Waals surface area contributed by atoms with Gasteiger partial charge in [0.25, 0.3) is 0 Å². The Morgan fingerprint density at radius 1 is 1.39 bits per heavy atom. The average molecular weight is 243 g/mol. The zero-order valence-corrected chi connectivity index (χ0v) is 9.87. The molecule has 3 rings (SSSR count). The Balaban J connectivity index is 1.64. The van der Waals surface area contributed by atoms with Crippen molar-refractivity contribution in [2.45, 2.75) is 25.7 Å². The molecule has 1 saturated carbocycles. The van der Waals surface area contributed by atoms with Crippen molar-refractivity contribution in [3.8, 4) is 0 Å². The van der Waals surface area contributed by atoms with Crippen LogP contribution in [-0.2, 0) is 17.6 Å². The summed E-state index contributed by atoms with van der Waals surface area (Å²) in [5, 5.41) is 3.87. The van der Waals surface area contributed by atoms with E-state index in [2.05, 4.69) is 15.1 Å². The number of Topliss-reactive ketones (excluding diaryl/α,β-unsaturated/α-hetero) is 1. The van der Waals surface area contributed by atoms with E-state index in [1.54, 1.807) is 6.20 Å². The molecule has 1 fully saturated rings. The summed E-state index contributed by atoms with van der Waals surface area (Å²) >= 11 is 0. The van der Waals surface area contributed by atoms with Gasteiger partial charge >= 0.3 is 0 Å². The van der Waals surface area contributed by atoms with Gasteiger partial charge in [0, 0.05) is 17.8 Å². The standard InChI is InChI=1S/C13H13N3O2/c17-11(9-4-5-9)8-13-15-12(16-18-13)7-10-3-1-2-6-14-10/h1-3,6,9H,4-5,7-8H2. The van der Waals surface area contributed by atoms with Crippen LogP contribution in [0.1, 0.15) is 30.3 Å². The molecular formula is C13H13N3O2. The quantitative estimate of drug-likeness (QED) is 0.797. The number of pyridine rings is 1. The molecule has 1 aliphatic rings. The van der Waals surface area contributed by atoms with E-state index in [-0.39, 0.29) is 18.1 Å². The Bertz CT molecular complexity index is 546. The van der Waals surface area contributed by atoms with E-state index in [0.717, 1.165) is 18.5 Å². The molecule has 0 N–H and O–H groups in total. The van der Waals surface area contributed by atoms with Gasteiger partial charge in [-0.1, -0.05) is 11.2 Å². The van der Waals surface area contributed by atoms with E-state index < -0.39 is 0 Å². The molecule has 92 valence electrons. The molecule has 2 aromatic heterocycles. The predicted molar refractivity (Wildman–Crippen MR) is 62.8 cm³/mol. The molecule has 2 heterocycles. The summed E-state index contributed by atoms with van der Waals surface area (Å²) in [6.45, 7) is 0. The zero-order valence-electron chi connectivity index (χ0n) is 9.87. The molecule has 0 aliphatic heterocycles. The fraction of sp³-hybridized carbons (Fsp3) is 0.385. The van der Waals surface area contributed by atoms with E-state index in [1.807, 2.05) is 18.2 Å². The van der Waals surface area contributed by atoms with Gasteiger partial charge in [0.15, 0.2) is 5.82 Å². The predicted octanol–water partition coefficient (Wildman–Crippen LogP) is 1.58. The highest BCUT2D eigenvalue weighted by atomic mass is 16.5. The first-order chi connectivity index (χ1) is 8.81. The van der Waals surface area contributed by atoms with Gasteiger partial charge in [0.1, 0.15) is 5.78 Å². The van der Waals surface area contributed by atoms with Crippen LogP contribution >= 0.6 is 0 Å². The number of carbonyl (C=O) groups is 1. The molecule has 0 bridgehead atoms. The van der Waals surface area contributed by atoms with Gasteiger partial charge in [0.2, 0.25) is 5.89 Å². The molecule has 0 aromatic carbocycles. The van der Waals surface area contributed by atoms with Crippen LogP contribution in [-0.4, -0.2) is 20.9 Å². The Kier molecular flexibility index (Phi) is 2.88. The Morgan fingerprint density at radius 3 is 3.00 bits per heavy atom. The molecule has 0 spiro atoms. The first-order valence-corrected chi connectivity index (χ1v) is 6.05. The van der Waals surface area contributed by atoms with Gasteiger partial charge in [-0.05, 0) is 25.0 Å². The lowest BCUT2D eigenvalue weighted by atomic mass is 10.2. The van der Waals surface area contributed by atoms with Crippen molar-refractivity contribution in [3.05, 3.63) is 41.8 Å². The van der Waals surface area contributed by atoms with Crippen LogP contribution in [0.3, 0.4) is 0 Å². The van der Waals surface area contributed by atoms with Gasteiger partial charge in [-0.25, -0.2) is 0 Å². The fourth-order valence-corrected chi connectivity index (χ4v) is 1.80. The molecular weight excluding hydrogens is 230 g/mol. The van der Waals surface area contributed by atoms with Crippen molar-refractivity contribution in [1.29, 1.82) is 0 Å². The fourth-order valence-electron chi connectivity index (χ4n) is 1.80. The molecule has 5 heteroatoms. The van der Waals surface area contributed by atoms with Gasteiger partial charge in [0.05, 0.1) is 12.8 Å². The van der Waals surface area contributed by atoms with Crippen LogP contribution in [0.2, 0.25) is 0 Å². The maximum absolute atomic E-state index is 11.6. The van der Waals surface area contributed by atoms with Gasteiger partial charge < -0.3 is 4.52 Å². The lowest BCUT2D eigenvalue weighted by Gasteiger charge is -1.93. The minimum atomic E-state index is 0.211. The van der Waals surface area contributed by atoms with Crippen molar-refractivity contribution < 1.29 is 9.32 Å². The van der Waals surface area contributed by atoms with E-state index in [1.165, 1.54) is 0 Å². The molecule has 1 aliphatic carbocycles. The number of hydrogen-bond acceptors (Lipinski definition) is 5. The summed E-state index contributed by atoms with van der Waals surface area (Å²) in [5.74, 6) is 1.43. The lowest BCUT2D eigenvalue weighted by Crippen LogP contribution is -2.05. The summed E-state index contributed by atoms with van der Waals surface area (Å²) in [6.07, 6.45) is 4.54. The third kappa shape index (κ3) is 2.61. The minimum absolute atomic E-state index is 0.211. The summed E-state index contributed by atoms with van der Waals surface area (Å²) in [4.78, 5) is 20.0. The summed E-state index contributed by atoms with van der Waals surface area (Å²) in [5.41, 5.74) is 0.887. The first-order valence-electron chi connectivity index (χ1n) is 6.05. The van der Waals surface area contributed by atoms with Gasteiger partial charge in [-0.15, -0.1) is 0 Å². The smallest absolute Gasteiger partial charge is 0.234 e. The third-order valence-corrected chi connectivity index (χ3v) is 2.93. The number of rotatable bonds is 5. The maximum Gasteiger partial charge on any atom is 0.234 e. The van der Waals surface area contributed by atoms with Crippen LogP contribution in [0.4, 0.5) is 0 Å². The second-order valence-corrected chi connectivity index (χ2v) is 4.52. The van der Waals surface area contributed by atoms with Crippen molar-refractivity contribution in [2.75, 3.05) is 0 Å². The highest BCUT2D eigenvalue weighted by Crippen LogP contribution is 2.30. The molecule has 2 aromatic rings. The van der Waals surface area contributed by atoms with Crippen molar-refractivity contribution in [2.24, 2.45) is 5.92 Å². The first kappa shape index (κ1) is 11.1. The summed E-state index contributed by atoms with van der Waals surface area (Å²) in [7, 11) is 0. The molecule has 0 atom stereocenters. The highest BCUT2D eigenvalue weighted by molar-refractivity contribution is 5.84. The van der Waals surface area contributed by atoms with Crippen molar-refractivity contribution in [1.82, 2.24) is 15.1 Å².